The Morgan fingerprint density at radius 1 is 0.913 bits per heavy atom. The van der Waals surface area contributed by atoms with Gasteiger partial charge in [-0.2, -0.15) is 0 Å². The van der Waals surface area contributed by atoms with Crippen molar-refractivity contribution in [3.05, 3.63) is 94.4 Å². The number of furan rings is 1. The summed E-state index contributed by atoms with van der Waals surface area (Å²) in [5.41, 5.74) is 1.73. The van der Waals surface area contributed by atoms with E-state index >= 15 is 0 Å². The lowest BCUT2D eigenvalue weighted by molar-refractivity contribution is 0.0717. The molecule has 0 atom stereocenters. The van der Waals surface area contributed by atoms with E-state index in [1.165, 1.54) is 0 Å². The van der Waals surface area contributed by atoms with Gasteiger partial charge in [0.15, 0.2) is 0 Å². The van der Waals surface area contributed by atoms with Gasteiger partial charge in [-0.05, 0) is 45.8 Å². The van der Waals surface area contributed by atoms with Gasteiger partial charge in [-0.25, -0.2) is 0 Å². The van der Waals surface area contributed by atoms with Gasteiger partial charge in [0.25, 0.3) is 5.91 Å². The molecule has 0 bridgehead atoms. The highest BCUT2D eigenvalue weighted by molar-refractivity contribution is 9.10. The molecule has 0 N–H and O–H groups in total. The molecule has 3 aromatic rings. The van der Waals surface area contributed by atoms with Gasteiger partial charge < -0.3 is 9.32 Å². The zero-order valence-corrected chi connectivity index (χ0v) is 14.1. The lowest BCUT2D eigenvalue weighted by Crippen LogP contribution is -2.30. The summed E-state index contributed by atoms with van der Waals surface area (Å²) >= 11 is 3.46. The summed E-state index contributed by atoms with van der Waals surface area (Å²) in [5.74, 6) is 0.735. The maximum absolute atomic E-state index is 13.0. The van der Waals surface area contributed by atoms with Crippen LogP contribution in [0.15, 0.2) is 81.9 Å². The van der Waals surface area contributed by atoms with Crippen molar-refractivity contribution < 1.29 is 9.21 Å². The van der Waals surface area contributed by atoms with E-state index in [9.17, 15) is 4.79 Å². The molecule has 0 aliphatic carbocycles. The minimum absolute atomic E-state index is 0.0299. The summed E-state index contributed by atoms with van der Waals surface area (Å²) in [5, 5.41) is 0. The fourth-order valence-corrected chi connectivity index (χ4v) is 2.85. The third kappa shape index (κ3) is 3.90. The number of nitrogens with zero attached hydrogens (tertiary/aromatic N) is 1. The van der Waals surface area contributed by atoms with Gasteiger partial charge in [0.05, 0.1) is 18.4 Å². The van der Waals surface area contributed by atoms with Crippen molar-refractivity contribution in [2.75, 3.05) is 0 Å². The predicted octanol–water partition coefficient (Wildman–Crippen LogP) is 4.88. The third-order valence-electron chi connectivity index (χ3n) is 3.53. The van der Waals surface area contributed by atoms with Crippen LogP contribution in [0.3, 0.4) is 0 Å². The van der Waals surface area contributed by atoms with E-state index in [2.05, 4.69) is 15.9 Å². The zero-order valence-electron chi connectivity index (χ0n) is 12.5. The Morgan fingerprint density at radius 2 is 1.65 bits per heavy atom. The van der Waals surface area contributed by atoms with E-state index in [-0.39, 0.29) is 5.91 Å². The minimum atomic E-state index is -0.0299. The first-order chi connectivity index (χ1) is 11.2. The van der Waals surface area contributed by atoms with Crippen molar-refractivity contribution in [2.24, 2.45) is 0 Å². The van der Waals surface area contributed by atoms with Crippen molar-refractivity contribution in [2.45, 2.75) is 13.1 Å². The average Bonchev–Trinajstić information content (AvgIpc) is 3.08. The highest BCUT2D eigenvalue weighted by Gasteiger charge is 2.19. The number of benzene rings is 2. The van der Waals surface area contributed by atoms with Crippen LogP contribution in [0, 0.1) is 0 Å². The normalized spacial score (nSPS) is 10.5. The highest BCUT2D eigenvalue weighted by atomic mass is 79.9. The van der Waals surface area contributed by atoms with Gasteiger partial charge in [0.2, 0.25) is 0 Å². The van der Waals surface area contributed by atoms with Crippen molar-refractivity contribution in [1.82, 2.24) is 4.90 Å². The highest BCUT2D eigenvalue weighted by Crippen LogP contribution is 2.20. The minimum Gasteiger partial charge on any atom is -0.467 e. The molecule has 0 unspecified atom stereocenters. The molecular weight excluding hydrogens is 354 g/mol. The van der Waals surface area contributed by atoms with Crippen LogP contribution in [0.25, 0.3) is 0 Å². The molecule has 3 nitrogen and oxygen atoms in total. The van der Waals surface area contributed by atoms with Crippen LogP contribution in [0.5, 0.6) is 0 Å². The number of carbonyl (C=O) groups is 1. The summed E-state index contributed by atoms with van der Waals surface area (Å²) in [7, 11) is 0. The largest absolute Gasteiger partial charge is 0.467 e. The lowest BCUT2D eigenvalue weighted by Gasteiger charge is -2.22. The SMILES string of the molecule is O=C(c1ccccc1Br)N(Cc1ccccc1)Cc1ccco1. The molecule has 0 saturated carbocycles. The number of amides is 1. The molecule has 4 heteroatoms. The first kappa shape index (κ1) is 15.6. The van der Waals surface area contributed by atoms with Gasteiger partial charge in [-0.15, -0.1) is 0 Å². The van der Waals surface area contributed by atoms with E-state index in [1.807, 2.05) is 66.7 Å². The second-order valence-corrected chi connectivity index (χ2v) is 6.06. The maximum atomic E-state index is 13.0. The molecule has 3 rings (SSSR count). The number of hydrogen-bond acceptors (Lipinski definition) is 2. The van der Waals surface area contributed by atoms with Crippen molar-refractivity contribution in [1.29, 1.82) is 0 Å². The van der Waals surface area contributed by atoms with Crippen LogP contribution in [0.1, 0.15) is 21.7 Å². The smallest absolute Gasteiger partial charge is 0.255 e. The molecule has 0 fully saturated rings. The fraction of sp³-hybridized carbons (Fsp3) is 0.105. The number of rotatable bonds is 5. The lowest BCUT2D eigenvalue weighted by atomic mass is 10.1. The van der Waals surface area contributed by atoms with Gasteiger partial charge >= 0.3 is 0 Å². The Labute approximate surface area is 143 Å². The molecule has 2 aromatic carbocycles. The number of carbonyl (C=O) groups excluding carboxylic acids is 1. The van der Waals surface area contributed by atoms with Crippen molar-refractivity contribution in [3.8, 4) is 0 Å². The summed E-state index contributed by atoms with van der Waals surface area (Å²) in [6.45, 7) is 0.962. The molecule has 0 aliphatic heterocycles. The first-order valence-corrected chi connectivity index (χ1v) is 8.13. The zero-order chi connectivity index (χ0) is 16.1. The van der Waals surface area contributed by atoms with Crippen LogP contribution in [-0.4, -0.2) is 10.8 Å². The molecule has 0 aliphatic rings. The second kappa shape index (κ2) is 7.29. The topological polar surface area (TPSA) is 33.5 Å². The van der Waals surface area contributed by atoms with Gasteiger partial charge in [-0.3, -0.25) is 4.79 Å². The number of hydrogen-bond donors (Lipinski definition) is 0. The first-order valence-electron chi connectivity index (χ1n) is 7.34. The monoisotopic (exact) mass is 369 g/mol. The average molecular weight is 370 g/mol. The van der Waals surface area contributed by atoms with Crippen LogP contribution in [0.4, 0.5) is 0 Å². The molecule has 1 heterocycles. The Balaban J connectivity index is 1.88. The summed E-state index contributed by atoms with van der Waals surface area (Å²) in [6, 6.07) is 21.1. The van der Waals surface area contributed by atoms with Gasteiger partial charge in [-0.1, -0.05) is 42.5 Å². The van der Waals surface area contributed by atoms with Gasteiger partial charge in [0, 0.05) is 11.0 Å². The molecule has 23 heavy (non-hydrogen) atoms. The quantitative estimate of drug-likeness (QED) is 0.641. The molecule has 1 aromatic heterocycles. The molecule has 0 radical (unpaired) electrons. The third-order valence-corrected chi connectivity index (χ3v) is 4.23. The van der Waals surface area contributed by atoms with E-state index < -0.39 is 0 Å². The van der Waals surface area contributed by atoms with Crippen LogP contribution < -0.4 is 0 Å². The summed E-state index contributed by atoms with van der Waals surface area (Å²) < 4.78 is 6.21. The van der Waals surface area contributed by atoms with E-state index in [1.54, 1.807) is 11.2 Å². The second-order valence-electron chi connectivity index (χ2n) is 5.21. The van der Waals surface area contributed by atoms with Crippen molar-refractivity contribution in [3.63, 3.8) is 0 Å². The molecule has 1 amide bonds. The standard InChI is InChI=1S/C19H16BrNO2/c20-18-11-5-4-10-17(18)19(22)21(14-16-9-6-12-23-16)13-15-7-2-1-3-8-15/h1-12H,13-14H2. The van der Waals surface area contributed by atoms with E-state index in [4.69, 9.17) is 4.42 Å². The predicted molar refractivity (Wildman–Crippen MR) is 92.9 cm³/mol. The van der Waals surface area contributed by atoms with E-state index in [0.717, 1.165) is 15.8 Å². The van der Waals surface area contributed by atoms with E-state index in [0.29, 0.717) is 18.7 Å². The summed E-state index contributed by atoms with van der Waals surface area (Å²) in [6.07, 6.45) is 1.62. The Morgan fingerprint density at radius 3 is 2.35 bits per heavy atom. The number of halogens is 1. The molecule has 0 spiro atoms. The molecular formula is C19H16BrNO2. The molecule has 0 saturated heterocycles. The Hall–Kier alpha value is -2.33. The Bertz CT molecular complexity index is 769. The fourth-order valence-electron chi connectivity index (χ4n) is 2.40. The Kier molecular flexibility index (Phi) is 4.93. The summed E-state index contributed by atoms with van der Waals surface area (Å²) in [4.78, 5) is 14.7. The molecule has 116 valence electrons. The maximum Gasteiger partial charge on any atom is 0.255 e. The van der Waals surface area contributed by atoms with Gasteiger partial charge in [0.1, 0.15) is 5.76 Å². The van der Waals surface area contributed by atoms with Crippen LogP contribution in [-0.2, 0) is 13.1 Å². The van der Waals surface area contributed by atoms with Crippen LogP contribution in [0.2, 0.25) is 0 Å². The van der Waals surface area contributed by atoms with Crippen molar-refractivity contribution >= 4 is 21.8 Å². The van der Waals surface area contributed by atoms with Crippen LogP contribution >= 0.6 is 15.9 Å².